The molecule has 0 aliphatic heterocycles. The highest BCUT2D eigenvalue weighted by molar-refractivity contribution is 9.10. The summed E-state index contributed by atoms with van der Waals surface area (Å²) in [5.41, 5.74) is 7.08. The van der Waals surface area contributed by atoms with Gasteiger partial charge in [-0.1, -0.05) is 0 Å². The van der Waals surface area contributed by atoms with Crippen LogP contribution in [0.15, 0.2) is 16.6 Å². The molecule has 0 fully saturated rings. The fourth-order valence-electron chi connectivity index (χ4n) is 0.677. The lowest BCUT2D eigenvalue weighted by atomic mass is 10.2. The van der Waals surface area contributed by atoms with Crippen LogP contribution in [0.3, 0.4) is 0 Å². The Morgan fingerprint density at radius 1 is 1.45 bits per heavy atom. The van der Waals surface area contributed by atoms with Gasteiger partial charge in [-0.3, -0.25) is 0 Å². The Bertz CT molecular complexity index is 215. The van der Waals surface area contributed by atoms with Gasteiger partial charge in [0.15, 0.2) is 0 Å². The third-order valence-corrected chi connectivity index (χ3v) is 1.97. The van der Waals surface area contributed by atoms with Crippen LogP contribution in [0.4, 0.5) is 5.69 Å². The van der Waals surface area contributed by atoms with Gasteiger partial charge >= 0.3 is 0 Å². The number of benzene rings is 1. The molecule has 2 nitrogen and oxygen atoms in total. The fourth-order valence-corrected chi connectivity index (χ4v) is 1.14. The Balaban J connectivity index is 0.000001000. The second-order valence-corrected chi connectivity index (χ2v) is 3.01. The monoisotopic (exact) mass is 237 g/mol. The maximum absolute atomic E-state index is 9.10. The van der Waals surface area contributed by atoms with E-state index in [1.807, 2.05) is 6.92 Å². The minimum absolute atomic E-state index is 0. The summed E-state index contributed by atoms with van der Waals surface area (Å²) in [7, 11) is 0. The van der Waals surface area contributed by atoms with Gasteiger partial charge in [0, 0.05) is 11.8 Å². The highest BCUT2D eigenvalue weighted by atomic mass is 79.9. The zero-order chi connectivity index (χ0) is 7.72. The first kappa shape index (κ1) is 10.6. The molecule has 0 aliphatic carbocycles. The van der Waals surface area contributed by atoms with E-state index < -0.39 is 0 Å². The number of nitrogens with two attached hydrogens (primary N) is 1. The van der Waals surface area contributed by atoms with Crippen molar-refractivity contribution in [1.29, 1.82) is 0 Å². The normalized spacial score (nSPS) is 8.91. The molecule has 0 spiro atoms. The molecule has 11 heavy (non-hydrogen) atoms. The molecule has 0 atom stereocenters. The van der Waals surface area contributed by atoms with Crippen LogP contribution in [0.5, 0.6) is 5.75 Å². The molecule has 1 aromatic rings. The Morgan fingerprint density at radius 3 is 2.45 bits per heavy atom. The number of anilines is 1. The minimum Gasteiger partial charge on any atom is -0.507 e. The van der Waals surface area contributed by atoms with Crippen molar-refractivity contribution in [2.24, 2.45) is 0 Å². The van der Waals surface area contributed by atoms with Crippen molar-refractivity contribution in [1.82, 2.24) is 0 Å². The van der Waals surface area contributed by atoms with Crippen molar-refractivity contribution in [2.75, 3.05) is 5.73 Å². The summed E-state index contributed by atoms with van der Waals surface area (Å²) < 4.78 is 0.680. The van der Waals surface area contributed by atoms with Crippen LogP contribution in [-0.2, 0) is 0 Å². The first-order chi connectivity index (χ1) is 4.61. The summed E-state index contributed by atoms with van der Waals surface area (Å²) in [5.74, 6) is 0.183. The molecule has 0 saturated carbocycles. The maximum atomic E-state index is 9.10. The number of aromatic hydroxyl groups is 1. The van der Waals surface area contributed by atoms with Gasteiger partial charge in [0.2, 0.25) is 0 Å². The van der Waals surface area contributed by atoms with Crippen molar-refractivity contribution in [3.63, 3.8) is 0 Å². The van der Waals surface area contributed by atoms with Crippen LogP contribution < -0.4 is 5.73 Å². The molecule has 1 aromatic carbocycles. The van der Waals surface area contributed by atoms with Crippen LogP contribution in [-0.4, -0.2) is 5.11 Å². The van der Waals surface area contributed by atoms with Gasteiger partial charge in [0.1, 0.15) is 5.75 Å². The summed E-state index contributed by atoms with van der Waals surface area (Å²) in [6.45, 7) is 1.89. The summed E-state index contributed by atoms with van der Waals surface area (Å²) >= 11 is 3.17. The standard InChI is InChI=1S/C7H8BrNO.ClH/c1-4-2-5(8)7(10)3-6(4)9;/h2-3,10H,9H2,1H3;1H. The molecule has 0 radical (unpaired) electrons. The minimum atomic E-state index is 0. The molecular formula is C7H9BrClNO. The Kier molecular flexibility index (Phi) is 3.69. The van der Waals surface area contributed by atoms with E-state index in [4.69, 9.17) is 10.8 Å². The van der Waals surface area contributed by atoms with Crippen LogP contribution in [0.2, 0.25) is 0 Å². The van der Waals surface area contributed by atoms with E-state index in [9.17, 15) is 0 Å². The molecule has 3 N–H and O–H groups in total. The zero-order valence-corrected chi connectivity index (χ0v) is 8.37. The molecular weight excluding hydrogens is 229 g/mol. The topological polar surface area (TPSA) is 46.2 Å². The number of phenols is 1. The van der Waals surface area contributed by atoms with E-state index in [0.29, 0.717) is 10.2 Å². The quantitative estimate of drug-likeness (QED) is 0.682. The van der Waals surface area contributed by atoms with E-state index >= 15 is 0 Å². The van der Waals surface area contributed by atoms with Crippen LogP contribution >= 0.6 is 28.3 Å². The Labute approximate surface area is 80.0 Å². The first-order valence-corrected chi connectivity index (χ1v) is 3.65. The smallest absolute Gasteiger partial charge is 0.131 e. The van der Waals surface area contributed by atoms with Crippen molar-refractivity contribution in [2.45, 2.75) is 6.92 Å². The van der Waals surface area contributed by atoms with Crippen molar-refractivity contribution < 1.29 is 5.11 Å². The second-order valence-electron chi connectivity index (χ2n) is 2.16. The fraction of sp³-hybridized carbons (Fsp3) is 0.143. The molecule has 1 rings (SSSR count). The van der Waals surface area contributed by atoms with Gasteiger partial charge in [0.05, 0.1) is 4.47 Å². The molecule has 0 unspecified atom stereocenters. The predicted octanol–water partition coefficient (Wildman–Crippen LogP) is 2.47. The van der Waals surface area contributed by atoms with E-state index in [1.165, 1.54) is 6.07 Å². The van der Waals surface area contributed by atoms with Gasteiger partial charge in [-0.15, -0.1) is 12.4 Å². The second kappa shape index (κ2) is 3.83. The molecule has 0 aromatic heterocycles. The predicted molar refractivity (Wildman–Crippen MR) is 52.2 cm³/mol. The number of aryl methyl sites for hydroxylation is 1. The molecule has 0 saturated heterocycles. The molecule has 0 amide bonds. The van der Waals surface area contributed by atoms with Crippen LogP contribution in [0.25, 0.3) is 0 Å². The average molecular weight is 239 g/mol. The van der Waals surface area contributed by atoms with Crippen LogP contribution in [0, 0.1) is 6.92 Å². The van der Waals surface area contributed by atoms with E-state index in [1.54, 1.807) is 6.07 Å². The van der Waals surface area contributed by atoms with Crippen LogP contribution in [0.1, 0.15) is 5.56 Å². The number of halogens is 2. The third-order valence-electron chi connectivity index (χ3n) is 1.34. The summed E-state index contributed by atoms with van der Waals surface area (Å²) in [6.07, 6.45) is 0. The third kappa shape index (κ3) is 2.27. The number of rotatable bonds is 0. The number of phenolic OH excluding ortho intramolecular Hbond substituents is 1. The number of nitrogen functional groups attached to an aromatic ring is 1. The lowest BCUT2D eigenvalue weighted by Crippen LogP contribution is -1.88. The Morgan fingerprint density at radius 2 is 2.00 bits per heavy atom. The molecule has 4 heteroatoms. The SMILES string of the molecule is Cc1cc(Br)c(O)cc1N.Cl. The molecule has 62 valence electrons. The average Bonchev–Trinajstić information content (AvgIpc) is 1.84. The zero-order valence-electron chi connectivity index (χ0n) is 5.97. The largest absolute Gasteiger partial charge is 0.507 e. The highest BCUT2D eigenvalue weighted by Gasteiger charge is 1.99. The van der Waals surface area contributed by atoms with Gasteiger partial charge in [0.25, 0.3) is 0 Å². The summed E-state index contributed by atoms with van der Waals surface area (Å²) in [4.78, 5) is 0. The lowest BCUT2D eigenvalue weighted by Gasteiger charge is -2.01. The Hall–Kier alpha value is -0.410. The highest BCUT2D eigenvalue weighted by Crippen LogP contribution is 2.27. The number of hydrogen-bond donors (Lipinski definition) is 2. The lowest BCUT2D eigenvalue weighted by molar-refractivity contribution is 0.472. The molecule has 0 bridgehead atoms. The van der Waals surface area contributed by atoms with Gasteiger partial charge in [-0.25, -0.2) is 0 Å². The van der Waals surface area contributed by atoms with E-state index in [-0.39, 0.29) is 18.2 Å². The van der Waals surface area contributed by atoms with Crippen molar-refractivity contribution in [3.8, 4) is 5.75 Å². The first-order valence-electron chi connectivity index (χ1n) is 2.86. The summed E-state index contributed by atoms with van der Waals surface area (Å²) in [6, 6.07) is 3.31. The van der Waals surface area contributed by atoms with Gasteiger partial charge in [-0.2, -0.15) is 0 Å². The molecule has 0 heterocycles. The molecule has 0 aliphatic rings. The van der Waals surface area contributed by atoms with E-state index in [2.05, 4.69) is 15.9 Å². The van der Waals surface area contributed by atoms with Gasteiger partial charge in [-0.05, 0) is 34.5 Å². The number of hydrogen-bond acceptors (Lipinski definition) is 2. The van der Waals surface area contributed by atoms with Gasteiger partial charge < -0.3 is 10.8 Å². The summed E-state index contributed by atoms with van der Waals surface area (Å²) in [5, 5.41) is 9.10. The van der Waals surface area contributed by atoms with E-state index in [0.717, 1.165) is 5.56 Å². The van der Waals surface area contributed by atoms with Crippen molar-refractivity contribution >= 4 is 34.0 Å². The van der Waals surface area contributed by atoms with Crippen molar-refractivity contribution in [3.05, 3.63) is 22.2 Å². The maximum Gasteiger partial charge on any atom is 0.131 e.